The molecule has 71 heavy (non-hydrogen) atoms. The monoisotopic (exact) mass is 1010 g/mol. The van der Waals surface area contributed by atoms with Gasteiger partial charge in [0.25, 0.3) is 0 Å². The second kappa shape index (κ2) is 21.8. The van der Waals surface area contributed by atoms with Crippen molar-refractivity contribution >= 4 is 35.0 Å². The van der Waals surface area contributed by atoms with Crippen LogP contribution in [0.2, 0.25) is 5.02 Å². The Kier molecular flexibility index (Phi) is 15.9. The average Bonchev–Trinajstić information content (AvgIpc) is 4.08. The summed E-state index contributed by atoms with van der Waals surface area (Å²) in [5.74, 6) is 2.14. The first-order chi connectivity index (χ1) is 34.2. The number of hydrogen-bond donors (Lipinski definition) is 5. The molecule has 1 amide bonds. The number of carbonyl (C=O) groups excluding carboxylic acids is 1. The number of rotatable bonds is 14. The number of ether oxygens (including phenoxy) is 2. The predicted octanol–water partition coefficient (Wildman–Crippen LogP) is 7.73. The number of fused-ring (bicyclic) bond motifs is 3. The van der Waals surface area contributed by atoms with Crippen molar-refractivity contribution in [2.45, 2.75) is 179 Å². The van der Waals surface area contributed by atoms with Crippen molar-refractivity contribution in [3.05, 3.63) is 64.2 Å². The van der Waals surface area contributed by atoms with E-state index >= 15 is 0 Å². The van der Waals surface area contributed by atoms with Gasteiger partial charge in [0.15, 0.2) is 0 Å². The zero-order valence-electron chi connectivity index (χ0n) is 43.6. The SMILES string of the molecule is CC1SC2C(C(c3ccc(CCCOC4CCN(C5NCC(C(=O)NC6C(C)(C)C(Oc7ccc(C#N)c(Cl)c7)C6(C)C)CN5)CC4)cc3)=N[C@H](CC3CCCNC3)C3NN(C4CCCC4)C(C)N23)C1C. The highest BCUT2D eigenvalue weighted by molar-refractivity contribution is 8.00. The van der Waals surface area contributed by atoms with Gasteiger partial charge in [-0.25, -0.2) is 10.4 Å². The summed E-state index contributed by atoms with van der Waals surface area (Å²) in [6.07, 6.45) is 13.8. The maximum Gasteiger partial charge on any atom is 0.225 e. The first kappa shape index (κ1) is 51.7. The fraction of sp³-hybridized carbons (Fsp3) is 0.732. The highest BCUT2D eigenvalue weighted by Gasteiger charge is 2.64. The molecule has 10 rings (SSSR count). The number of aryl methyl sites for hydroxylation is 1. The second-order valence-electron chi connectivity index (χ2n) is 23.8. The largest absolute Gasteiger partial charge is 0.489 e. The number of piperidine rings is 2. The number of aliphatic imine (C=N–C) groups is 1. The van der Waals surface area contributed by atoms with E-state index in [9.17, 15) is 10.1 Å². The summed E-state index contributed by atoms with van der Waals surface area (Å²) in [5, 5.41) is 27.7. The van der Waals surface area contributed by atoms with Gasteiger partial charge >= 0.3 is 0 Å². The Labute approximate surface area is 434 Å². The highest BCUT2D eigenvalue weighted by atomic mass is 35.5. The van der Waals surface area contributed by atoms with Crippen molar-refractivity contribution in [1.82, 2.24) is 41.5 Å². The Balaban J connectivity index is 0.680. The van der Waals surface area contributed by atoms with Crippen molar-refractivity contribution in [1.29, 1.82) is 5.26 Å². The molecule has 2 aromatic rings. The van der Waals surface area contributed by atoms with Crippen LogP contribution >= 0.6 is 23.4 Å². The van der Waals surface area contributed by atoms with Gasteiger partial charge in [0, 0.05) is 78.6 Å². The summed E-state index contributed by atoms with van der Waals surface area (Å²) >= 11 is 8.50. The van der Waals surface area contributed by atoms with Gasteiger partial charge in [0.1, 0.15) is 24.2 Å². The molecule has 0 bridgehead atoms. The van der Waals surface area contributed by atoms with E-state index < -0.39 is 0 Å². The third kappa shape index (κ3) is 10.6. The molecule has 0 radical (unpaired) electrons. The first-order valence-corrected chi connectivity index (χ1v) is 28.9. The van der Waals surface area contributed by atoms with Crippen molar-refractivity contribution in [2.24, 2.45) is 39.5 Å². The molecule has 8 aliphatic rings. The van der Waals surface area contributed by atoms with Crippen LogP contribution in [-0.2, 0) is 16.0 Å². The standard InChI is InChI=1S/C56H83ClN10O3S/c1-34-35(2)71-51-47(34)48(62-46(28-38-12-10-24-59-31-38)49-64-67(36(3)66(49)51)42-14-8-9-15-42)39-18-16-37(17-19-39)13-11-27-69-43-22-25-65(26-23-43)54-60-32-41(33-61-54)50(68)63-52-55(4,5)53(56(52,6)7)70-44-21-20-40(30-58)45(57)29-44/h16-21,29,34-36,38,41-43,46-47,49,51-54,59-61,64H,8-15,22-28,31-33H2,1-7H3,(H,63,68)/t34?,35?,36?,38?,41?,46-,47?,49?,51?,52?,53?,54?/m1/s1. The summed E-state index contributed by atoms with van der Waals surface area (Å²) in [6.45, 7) is 22.2. The second-order valence-corrected chi connectivity index (χ2v) is 25.7. The van der Waals surface area contributed by atoms with E-state index in [1.54, 1.807) is 18.2 Å². The molecule has 0 aromatic heterocycles. The molecule has 5 N–H and O–H groups in total. The van der Waals surface area contributed by atoms with Gasteiger partial charge in [0.05, 0.1) is 46.4 Å². The predicted molar refractivity (Wildman–Crippen MR) is 285 cm³/mol. The van der Waals surface area contributed by atoms with Crippen LogP contribution in [-0.4, -0.2) is 132 Å². The summed E-state index contributed by atoms with van der Waals surface area (Å²) in [4.78, 5) is 24.9. The number of thioether (sulfide) groups is 1. The number of hydrogen-bond acceptors (Lipinski definition) is 13. The number of hydrazine groups is 1. The van der Waals surface area contributed by atoms with Gasteiger partial charge in [-0.05, 0) is 113 Å². The molecule has 6 heterocycles. The van der Waals surface area contributed by atoms with Crippen LogP contribution < -0.4 is 31.4 Å². The molecule has 7 unspecified atom stereocenters. The van der Waals surface area contributed by atoms with Crippen LogP contribution in [0.3, 0.4) is 0 Å². The van der Waals surface area contributed by atoms with Crippen molar-refractivity contribution in [3.8, 4) is 11.8 Å². The number of nitrogens with one attached hydrogen (secondary N) is 5. The molecule has 2 saturated carbocycles. The third-order valence-corrected chi connectivity index (χ3v) is 20.3. The van der Waals surface area contributed by atoms with Gasteiger partial charge in [0.2, 0.25) is 5.91 Å². The van der Waals surface area contributed by atoms with E-state index in [2.05, 4.69) is 132 Å². The fourth-order valence-electron chi connectivity index (χ4n) is 14.4. The van der Waals surface area contributed by atoms with Crippen LogP contribution in [0.1, 0.15) is 129 Å². The summed E-state index contributed by atoms with van der Waals surface area (Å²) in [5.41, 5.74) is 8.01. The zero-order chi connectivity index (χ0) is 49.6. The molecular weight excluding hydrogens is 928 g/mol. The van der Waals surface area contributed by atoms with Crippen molar-refractivity contribution < 1.29 is 14.3 Å². The minimum atomic E-state index is -0.305. The Morgan fingerprint density at radius 3 is 2.37 bits per heavy atom. The van der Waals surface area contributed by atoms with Gasteiger partial charge < -0.3 is 20.1 Å². The van der Waals surface area contributed by atoms with E-state index in [0.29, 0.717) is 70.0 Å². The molecule has 2 aliphatic carbocycles. The lowest BCUT2D eigenvalue weighted by molar-refractivity contribution is -0.174. The smallest absolute Gasteiger partial charge is 0.225 e. The van der Waals surface area contributed by atoms with Crippen LogP contribution in [0, 0.1) is 45.8 Å². The Hall–Kier alpha value is -2.81. The molecule has 5 saturated heterocycles. The molecule has 8 atom stereocenters. The number of amides is 1. The fourth-order valence-corrected chi connectivity index (χ4v) is 16.5. The summed E-state index contributed by atoms with van der Waals surface area (Å²) < 4.78 is 12.9. The van der Waals surface area contributed by atoms with E-state index in [0.717, 1.165) is 64.9 Å². The number of nitriles is 1. The molecule has 2 aromatic carbocycles. The molecule has 13 nitrogen and oxygen atoms in total. The molecular formula is C56H83ClN10O3S. The lowest BCUT2D eigenvalue weighted by Crippen LogP contribution is -2.75. The molecule has 6 aliphatic heterocycles. The number of carbonyl (C=O) groups is 1. The number of benzene rings is 2. The average molecular weight is 1010 g/mol. The Morgan fingerprint density at radius 2 is 1.69 bits per heavy atom. The maximum absolute atomic E-state index is 13.7. The third-order valence-electron chi connectivity index (χ3n) is 18.4. The van der Waals surface area contributed by atoms with E-state index in [4.69, 9.17) is 26.1 Å². The van der Waals surface area contributed by atoms with Crippen molar-refractivity contribution in [3.63, 3.8) is 0 Å². The lowest BCUT2D eigenvalue weighted by Gasteiger charge is -2.63. The van der Waals surface area contributed by atoms with Crippen molar-refractivity contribution in [2.75, 3.05) is 45.9 Å². The van der Waals surface area contributed by atoms with E-state index in [1.807, 2.05) is 0 Å². The number of nitrogens with zero attached hydrogens (tertiary/aromatic N) is 5. The molecule has 388 valence electrons. The lowest BCUT2D eigenvalue weighted by atomic mass is 9.49. The molecule has 7 fully saturated rings. The topological polar surface area (TPSA) is 142 Å². The number of likely N-dealkylation sites (tertiary alicyclic amines) is 1. The van der Waals surface area contributed by atoms with Gasteiger partial charge in [-0.2, -0.15) is 5.26 Å². The molecule has 15 heteroatoms. The normalized spacial score (nSPS) is 35.7. The van der Waals surface area contributed by atoms with Gasteiger partial charge in [-0.15, -0.1) is 11.8 Å². The van der Waals surface area contributed by atoms with Crippen LogP contribution in [0.25, 0.3) is 0 Å². The minimum absolute atomic E-state index is 0.0508. The quantitative estimate of drug-likeness (QED) is 0.118. The maximum atomic E-state index is 13.7. The zero-order valence-corrected chi connectivity index (χ0v) is 45.2. The summed E-state index contributed by atoms with van der Waals surface area (Å²) in [7, 11) is 0. The van der Waals surface area contributed by atoms with E-state index in [-0.39, 0.29) is 59.4 Å². The van der Waals surface area contributed by atoms with Crippen LogP contribution in [0.5, 0.6) is 5.75 Å². The van der Waals surface area contributed by atoms with Crippen LogP contribution in [0.15, 0.2) is 47.5 Å². The van der Waals surface area contributed by atoms with Crippen LogP contribution in [0.4, 0.5) is 0 Å². The van der Waals surface area contributed by atoms with Gasteiger partial charge in [-0.1, -0.05) is 90.3 Å². The summed E-state index contributed by atoms with van der Waals surface area (Å²) in [6, 6.07) is 17.6. The first-order valence-electron chi connectivity index (χ1n) is 27.6. The molecule has 0 spiro atoms. The van der Waals surface area contributed by atoms with E-state index in [1.165, 1.54) is 55.4 Å². The number of halogens is 1. The Bertz CT molecular complexity index is 2220. The highest BCUT2D eigenvalue weighted by Crippen LogP contribution is 2.56. The van der Waals surface area contributed by atoms with Gasteiger partial charge in [-0.3, -0.25) is 30.2 Å². The Morgan fingerprint density at radius 1 is 0.958 bits per heavy atom. The minimum Gasteiger partial charge on any atom is -0.489 e.